The molecule has 1 aromatic heterocycles. The summed E-state index contributed by atoms with van der Waals surface area (Å²) in [5.74, 6) is 0.335. The molecule has 0 fully saturated rings. The van der Waals surface area contributed by atoms with Crippen LogP contribution >= 0.6 is 23.1 Å². The summed E-state index contributed by atoms with van der Waals surface area (Å²) in [7, 11) is 0. The number of thioether (sulfide) groups is 1. The molecule has 1 aromatic rings. The van der Waals surface area contributed by atoms with Crippen LogP contribution in [0.5, 0.6) is 0 Å². The summed E-state index contributed by atoms with van der Waals surface area (Å²) in [5, 5.41) is 8.74. The van der Waals surface area contributed by atoms with E-state index in [1.165, 1.54) is 27.5 Å². The monoisotopic (exact) mass is 200 g/mol. The summed E-state index contributed by atoms with van der Waals surface area (Å²) in [6, 6.07) is 1.81. The molecule has 12 heavy (non-hydrogen) atoms. The number of thiophene rings is 1. The van der Waals surface area contributed by atoms with Gasteiger partial charge in [-0.1, -0.05) is 0 Å². The van der Waals surface area contributed by atoms with Gasteiger partial charge in [-0.25, -0.2) is 4.79 Å². The van der Waals surface area contributed by atoms with E-state index in [0.717, 1.165) is 12.2 Å². The van der Waals surface area contributed by atoms with E-state index in [1.807, 2.05) is 6.07 Å². The summed E-state index contributed by atoms with van der Waals surface area (Å²) in [4.78, 5) is 11.1. The fraction of sp³-hybridized carbons (Fsp3) is 0.375. The molecule has 2 heterocycles. The number of rotatable bonds is 1. The van der Waals surface area contributed by atoms with Crippen LogP contribution in [0, 0.1) is 0 Å². The van der Waals surface area contributed by atoms with Crippen molar-refractivity contribution in [3.05, 3.63) is 16.5 Å². The summed E-state index contributed by atoms with van der Waals surface area (Å²) >= 11 is 3.19. The second-order valence-corrected chi connectivity index (χ2v) is 5.10. The Morgan fingerprint density at radius 3 is 3.08 bits per heavy atom. The Balaban J connectivity index is 2.38. The van der Waals surface area contributed by atoms with E-state index in [2.05, 4.69) is 0 Å². The van der Waals surface area contributed by atoms with Gasteiger partial charge in [0, 0.05) is 0 Å². The second kappa shape index (κ2) is 3.11. The predicted octanol–water partition coefficient (Wildman–Crippen LogP) is 2.48. The van der Waals surface area contributed by atoms with Gasteiger partial charge in [-0.05, 0) is 30.2 Å². The van der Waals surface area contributed by atoms with Crippen LogP contribution in [-0.2, 0) is 6.42 Å². The van der Waals surface area contributed by atoms with E-state index >= 15 is 0 Å². The van der Waals surface area contributed by atoms with Crippen LogP contribution in [0.4, 0.5) is 0 Å². The van der Waals surface area contributed by atoms with Crippen LogP contribution in [0.15, 0.2) is 10.3 Å². The van der Waals surface area contributed by atoms with Gasteiger partial charge in [0.1, 0.15) is 4.88 Å². The Morgan fingerprint density at radius 2 is 2.42 bits per heavy atom. The molecule has 0 unspecified atom stereocenters. The molecule has 0 spiro atoms. The van der Waals surface area contributed by atoms with Gasteiger partial charge in [-0.15, -0.1) is 23.1 Å². The molecule has 0 aliphatic carbocycles. The molecule has 0 atom stereocenters. The molecule has 0 bridgehead atoms. The molecular formula is C8H8O2S2. The number of aromatic carboxylic acids is 1. The molecular weight excluding hydrogens is 192 g/mol. The molecule has 0 saturated carbocycles. The number of carbonyl (C=O) groups is 1. The zero-order valence-corrected chi connectivity index (χ0v) is 8.00. The number of fused-ring (bicyclic) bond motifs is 1. The largest absolute Gasteiger partial charge is 0.477 e. The van der Waals surface area contributed by atoms with Crippen molar-refractivity contribution in [3.63, 3.8) is 0 Å². The Morgan fingerprint density at radius 1 is 1.58 bits per heavy atom. The van der Waals surface area contributed by atoms with Gasteiger partial charge in [0.05, 0.1) is 4.21 Å². The molecule has 2 rings (SSSR count). The average Bonchev–Trinajstić information content (AvgIpc) is 2.46. The molecule has 1 aliphatic rings. The molecule has 0 aromatic carbocycles. The Labute approximate surface area is 78.6 Å². The van der Waals surface area contributed by atoms with Crippen LogP contribution in [0.1, 0.15) is 21.7 Å². The summed E-state index contributed by atoms with van der Waals surface area (Å²) in [6.45, 7) is 0. The van der Waals surface area contributed by atoms with Crippen LogP contribution in [0.2, 0.25) is 0 Å². The number of aryl methyl sites for hydroxylation is 1. The molecule has 1 N–H and O–H groups in total. The van der Waals surface area contributed by atoms with Gasteiger partial charge in [-0.2, -0.15) is 0 Å². The lowest BCUT2D eigenvalue weighted by atomic mass is 10.2. The third kappa shape index (κ3) is 1.36. The highest BCUT2D eigenvalue weighted by Crippen LogP contribution is 2.36. The second-order valence-electron chi connectivity index (χ2n) is 2.68. The van der Waals surface area contributed by atoms with Crippen LogP contribution < -0.4 is 0 Å². The molecule has 0 radical (unpaired) electrons. The lowest BCUT2D eigenvalue weighted by Gasteiger charge is -2.07. The standard InChI is InChI=1S/C8H8O2S2/c9-7(10)6-4-5-2-1-3-11-8(5)12-6/h4H,1-3H2,(H,9,10). The topological polar surface area (TPSA) is 37.3 Å². The highest BCUT2D eigenvalue weighted by Gasteiger charge is 2.16. The van der Waals surface area contributed by atoms with Crippen LogP contribution in [0.3, 0.4) is 0 Å². The fourth-order valence-electron chi connectivity index (χ4n) is 1.24. The summed E-state index contributed by atoms with van der Waals surface area (Å²) in [6.07, 6.45) is 2.22. The summed E-state index contributed by atoms with van der Waals surface area (Å²) < 4.78 is 1.21. The predicted molar refractivity (Wildman–Crippen MR) is 50.3 cm³/mol. The third-order valence-electron chi connectivity index (χ3n) is 1.80. The first kappa shape index (κ1) is 8.13. The van der Waals surface area contributed by atoms with E-state index in [4.69, 9.17) is 5.11 Å². The van der Waals surface area contributed by atoms with Gasteiger partial charge in [0.25, 0.3) is 0 Å². The highest BCUT2D eigenvalue weighted by molar-refractivity contribution is 8.01. The Bertz CT molecular complexity index is 293. The quantitative estimate of drug-likeness (QED) is 0.756. The minimum atomic E-state index is -0.796. The van der Waals surface area contributed by atoms with E-state index in [1.54, 1.807) is 11.8 Å². The van der Waals surface area contributed by atoms with Gasteiger partial charge >= 0.3 is 5.97 Å². The van der Waals surface area contributed by atoms with E-state index < -0.39 is 5.97 Å². The van der Waals surface area contributed by atoms with E-state index in [-0.39, 0.29) is 0 Å². The molecule has 1 aliphatic heterocycles. The van der Waals surface area contributed by atoms with Gasteiger partial charge in [0.2, 0.25) is 0 Å². The molecule has 2 nitrogen and oxygen atoms in total. The zero-order valence-electron chi connectivity index (χ0n) is 6.37. The number of carboxylic acid groups (broad SMARTS) is 1. The number of carboxylic acids is 1. The minimum Gasteiger partial charge on any atom is -0.477 e. The van der Waals surface area contributed by atoms with Crippen molar-refractivity contribution in [1.82, 2.24) is 0 Å². The van der Waals surface area contributed by atoms with Gasteiger partial charge in [0.15, 0.2) is 0 Å². The minimum absolute atomic E-state index is 0.481. The Kier molecular flexibility index (Phi) is 2.11. The van der Waals surface area contributed by atoms with E-state index in [0.29, 0.717) is 4.88 Å². The van der Waals surface area contributed by atoms with Crippen molar-refractivity contribution in [1.29, 1.82) is 0 Å². The zero-order chi connectivity index (χ0) is 8.55. The Hall–Kier alpha value is -0.480. The van der Waals surface area contributed by atoms with E-state index in [9.17, 15) is 4.79 Å². The van der Waals surface area contributed by atoms with Crippen LogP contribution in [-0.4, -0.2) is 16.8 Å². The number of hydrogen-bond acceptors (Lipinski definition) is 3. The average molecular weight is 200 g/mol. The van der Waals surface area contributed by atoms with Crippen molar-refractivity contribution in [2.75, 3.05) is 5.75 Å². The summed E-state index contributed by atoms with van der Waals surface area (Å²) in [5.41, 5.74) is 1.23. The van der Waals surface area contributed by atoms with Crippen LogP contribution in [0.25, 0.3) is 0 Å². The fourth-order valence-corrected chi connectivity index (χ4v) is 3.60. The van der Waals surface area contributed by atoms with Gasteiger partial charge in [-0.3, -0.25) is 0 Å². The first-order valence-electron chi connectivity index (χ1n) is 3.76. The smallest absolute Gasteiger partial charge is 0.345 e. The van der Waals surface area contributed by atoms with Crippen molar-refractivity contribution in [2.24, 2.45) is 0 Å². The van der Waals surface area contributed by atoms with Crippen molar-refractivity contribution in [2.45, 2.75) is 17.1 Å². The molecule has 0 amide bonds. The van der Waals surface area contributed by atoms with Crippen molar-refractivity contribution >= 4 is 29.1 Å². The SMILES string of the molecule is O=C(O)c1cc2c(s1)SCCC2. The van der Waals surface area contributed by atoms with Gasteiger partial charge < -0.3 is 5.11 Å². The molecule has 0 saturated heterocycles. The maximum atomic E-state index is 10.6. The molecule has 4 heteroatoms. The lowest BCUT2D eigenvalue weighted by Crippen LogP contribution is -1.93. The van der Waals surface area contributed by atoms with Crippen molar-refractivity contribution < 1.29 is 9.90 Å². The first-order chi connectivity index (χ1) is 5.77. The first-order valence-corrected chi connectivity index (χ1v) is 5.56. The third-order valence-corrected chi connectivity index (χ3v) is 4.39. The normalized spacial score (nSPS) is 15.7. The van der Waals surface area contributed by atoms with Crippen molar-refractivity contribution in [3.8, 4) is 0 Å². The maximum Gasteiger partial charge on any atom is 0.345 e. The molecule has 64 valence electrons. The highest BCUT2D eigenvalue weighted by atomic mass is 32.2. The lowest BCUT2D eigenvalue weighted by molar-refractivity contribution is 0.0702. The number of hydrogen-bond donors (Lipinski definition) is 1. The maximum absolute atomic E-state index is 10.6.